The topological polar surface area (TPSA) is 76.7 Å². The van der Waals surface area contributed by atoms with E-state index in [0.717, 1.165) is 30.8 Å². The predicted octanol–water partition coefficient (Wildman–Crippen LogP) is 4.49. The number of hydrogen-bond donors (Lipinski definition) is 2. The van der Waals surface area contributed by atoms with Gasteiger partial charge in [-0.15, -0.1) is 0 Å². The highest BCUT2D eigenvalue weighted by Gasteiger charge is 2.22. The molecule has 0 radical (unpaired) electrons. The molecule has 0 unspecified atom stereocenters. The van der Waals surface area contributed by atoms with Crippen molar-refractivity contribution in [3.63, 3.8) is 0 Å². The van der Waals surface area contributed by atoms with Crippen molar-refractivity contribution in [2.75, 3.05) is 32.1 Å². The largest absolute Gasteiger partial charge is 0.492 e. The number of benzene rings is 3. The van der Waals surface area contributed by atoms with Gasteiger partial charge < -0.3 is 20.1 Å². The van der Waals surface area contributed by atoms with Crippen molar-refractivity contribution >= 4 is 17.4 Å². The molecular weight excluding hydrogens is 428 g/mol. The van der Waals surface area contributed by atoms with Gasteiger partial charge in [0.25, 0.3) is 0 Å². The average molecular weight is 461 g/mol. The Morgan fingerprint density at radius 3 is 2.29 bits per heavy atom. The van der Waals surface area contributed by atoms with E-state index >= 15 is 0 Å². The lowest BCUT2D eigenvalue weighted by atomic mass is 10.00. The molecular formula is C28H32N2O4. The first-order chi connectivity index (χ1) is 16.6. The number of ether oxygens (including phenoxy) is 2. The maximum Gasteiger partial charge on any atom is 0.328 e. The van der Waals surface area contributed by atoms with Crippen molar-refractivity contribution in [2.24, 2.45) is 0 Å². The summed E-state index contributed by atoms with van der Waals surface area (Å²) in [4.78, 5) is 25.6. The third kappa shape index (κ3) is 7.18. The molecule has 0 heterocycles. The zero-order chi connectivity index (χ0) is 24.2. The molecule has 0 fully saturated rings. The number of carbonyl (C=O) groups is 2. The van der Waals surface area contributed by atoms with Crippen LogP contribution in [0.3, 0.4) is 0 Å². The number of nitrogens with one attached hydrogen (secondary N) is 2. The Hall–Kier alpha value is -3.64. The van der Waals surface area contributed by atoms with Crippen molar-refractivity contribution in [3.05, 3.63) is 95.6 Å². The van der Waals surface area contributed by atoms with Gasteiger partial charge >= 0.3 is 5.97 Å². The summed E-state index contributed by atoms with van der Waals surface area (Å²) in [6.07, 6.45) is 1.49. The van der Waals surface area contributed by atoms with Crippen LogP contribution in [0.2, 0.25) is 0 Å². The Balaban J connectivity index is 1.70. The lowest BCUT2D eigenvalue weighted by molar-refractivity contribution is -0.141. The summed E-state index contributed by atoms with van der Waals surface area (Å²) < 4.78 is 10.8. The van der Waals surface area contributed by atoms with Gasteiger partial charge in [0, 0.05) is 29.8 Å². The van der Waals surface area contributed by atoms with Gasteiger partial charge in [0.2, 0.25) is 0 Å². The van der Waals surface area contributed by atoms with Gasteiger partial charge in [0.1, 0.15) is 18.4 Å². The van der Waals surface area contributed by atoms with Crippen LogP contribution >= 0.6 is 0 Å². The number of carbonyl (C=O) groups excluding carboxylic acids is 2. The number of ketones is 1. The lowest BCUT2D eigenvalue weighted by Crippen LogP contribution is -2.33. The Bertz CT molecular complexity index is 1050. The first kappa shape index (κ1) is 25.0. The second kappa shape index (κ2) is 13.2. The number of anilines is 1. The van der Waals surface area contributed by atoms with Gasteiger partial charge in [-0.3, -0.25) is 4.79 Å². The summed E-state index contributed by atoms with van der Waals surface area (Å²) in [5.74, 6) is 0.273. The molecule has 6 heteroatoms. The third-order valence-corrected chi connectivity index (χ3v) is 5.36. The number of rotatable bonds is 13. The SMILES string of the molecule is CCCNCCOc1ccc(C[C@H](Nc2ccccc2C(=O)c2ccccc2)C(=O)OC)cc1. The summed E-state index contributed by atoms with van der Waals surface area (Å²) in [5.41, 5.74) is 2.63. The van der Waals surface area contributed by atoms with Crippen LogP contribution < -0.4 is 15.4 Å². The molecule has 3 aromatic carbocycles. The molecule has 3 rings (SSSR count). The minimum atomic E-state index is -0.653. The first-order valence-corrected chi connectivity index (χ1v) is 11.6. The molecule has 1 atom stereocenters. The Kier molecular flexibility index (Phi) is 9.67. The lowest BCUT2D eigenvalue weighted by Gasteiger charge is -2.20. The highest BCUT2D eigenvalue weighted by molar-refractivity contribution is 6.12. The smallest absolute Gasteiger partial charge is 0.328 e. The van der Waals surface area contributed by atoms with Crippen molar-refractivity contribution in [2.45, 2.75) is 25.8 Å². The minimum absolute atomic E-state index is 0.109. The fourth-order valence-electron chi connectivity index (χ4n) is 3.58. The van der Waals surface area contributed by atoms with E-state index in [9.17, 15) is 9.59 Å². The molecule has 0 aliphatic carbocycles. The summed E-state index contributed by atoms with van der Waals surface area (Å²) in [6.45, 7) is 4.50. The van der Waals surface area contributed by atoms with Crippen LogP contribution in [0.15, 0.2) is 78.9 Å². The molecule has 0 saturated carbocycles. The Morgan fingerprint density at radius 1 is 0.882 bits per heavy atom. The number of methoxy groups -OCH3 is 1. The third-order valence-electron chi connectivity index (χ3n) is 5.36. The molecule has 0 aliphatic rings. The quantitative estimate of drug-likeness (QED) is 0.222. The first-order valence-electron chi connectivity index (χ1n) is 11.6. The van der Waals surface area contributed by atoms with Gasteiger partial charge in [0.15, 0.2) is 5.78 Å². The van der Waals surface area contributed by atoms with Crippen LogP contribution in [0.1, 0.15) is 34.8 Å². The van der Waals surface area contributed by atoms with Crippen molar-refractivity contribution < 1.29 is 19.1 Å². The minimum Gasteiger partial charge on any atom is -0.492 e. The molecule has 0 saturated heterocycles. The normalized spacial score (nSPS) is 11.5. The molecule has 0 aromatic heterocycles. The fourth-order valence-corrected chi connectivity index (χ4v) is 3.58. The van der Waals surface area contributed by atoms with Gasteiger partial charge in [-0.25, -0.2) is 4.79 Å². The molecule has 0 spiro atoms. The van der Waals surface area contributed by atoms with E-state index in [4.69, 9.17) is 9.47 Å². The molecule has 2 N–H and O–H groups in total. The average Bonchev–Trinajstić information content (AvgIpc) is 2.89. The second-order valence-electron chi connectivity index (χ2n) is 7.91. The monoisotopic (exact) mass is 460 g/mol. The summed E-state index contributed by atoms with van der Waals surface area (Å²) in [5, 5.41) is 6.53. The van der Waals surface area contributed by atoms with Crippen LogP contribution in [0.5, 0.6) is 5.75 Å². The maximum absolute atomic E-state index is 13.1. The van der Waals surface area contributed by atoms with E-state index in [1.807, 2.05) is 54.6 Å². The highest BCUT2D eigenvalue weighted by atomic mass is 16.5. The zero-order valence-electron chi connectivity index (χ0n) is 19.8. The van der Waals surface area contributed by atoms with Crippen LogP contribution in [-0.4, -0.2) is 44.6 Å². The predicted molar refractivity (Wildman–Crippen MR) is 135 cm³/mol. The van der Waals surface area contributed by atoms with Crippen LogP contribution in [0.4, 0.5) is 5.69 Å². The second-order valence-corrected chi connectivity index (χ2v) is 7.91. The molecule has 0 aliphatic heterocycles. The number of hydrogen-bond acceptors (Lipinski definition) is 6. The summed E-state index contributed by atoms with van der Waals surface area (Å²) >= 11 is 0. The van der Waals surface area contributed by atoms with E-state index in [0.29, 0.717) is 29.8 Å². The molecule has 178 valence electrons. The van der Waals surface area contributed by atoms with Crippen LogP contribution in [-0.2, 0) is 16.0 Å². The summed E-state index contributed by atoms with van der Waals surface area (Å²) in [6, 6.07) is 23.3. The standard InChI is InChI=1S/C28H32N2O4/c1-3-17-29-18-19-34-23-15-13-21(14-16-23)20-26(28(32)33-2)30-25-12-8-7-11-24(25)27(31)22-9-5-4-6-10-22/h4-16,26,29-30H,3,17-20H2,1-2H3/t26-/m0/s1. The molecule has 0 bridgehead atoms. The Morgan fingerprint density at radius 2 is 1.59 bits per heavy atom. The molecule has 0 amide bonds. The zero-order valence-corrected chi connectivity index (χ0v) is 19.8. The van der Waals surface area contributed by atoms with Crippen molar-refractivity contribution in [3.8, 4) is 5.75 Å². The fraction of sp³-hybridized carbons (Fsp3) is 0.286. The van der Waals surface area contributed by atoms with E-state index in [2.05, 4.69) is 17.6 Å². The van der Waals surface area contributed by atoms with Gasteiger partial charge in [0.05, 0.1) is 7.11 Å². The highest BCUT2D eigenvalue weighted by Crippen LogP contribution is 2.22. The van der Waals surface area contributed by atoms with E-state index in [1.54, 1.807) is 24.3 Å². The van der Waals surface area contributed by atoms with Gasteiger partial charge in [-0.1, -0.05) is 61.5 Å². The number of para-hydroxylation sites is 1. The van der Waals surface area contributed by atoms with E-state index < -0.39 is 12.0 Å². The van der Waals surface area contributed by atoms with Gasteiger partial charge in [-0.05, 0) is 42.8 Å². The van der Waals surface area contributed by atoms with Crippen molar-refractivity contribution in [1.82, 2.24) is 5.32 Å². The molecule has 34 heavy (non-hydrogen) atoms. The Labute approximate surface area is 201 Å². The van der Waals surface area contributed by atoms with Gasteiger partial charge in [-0.2, -0.15) is 0 Å². The van der Waals surface area contributed by atoms with Crippen LogP contribution in [0.25, 0.3) is 0 Å². The molecule has 6 nitrogen and oxygen atoms in total. The summed E-state index contributed by atoms with van der Waals surface area (Å²) in [7, 11) is 1.36. The number of esters is 1. The van der Waals surface area contributed by atoms with E-state index in [-0.39, 0.29) is 5.78 Å². The maximum atomic E-state index is 13.1. The van der Waals surface area contributed by atoms with Crippen molar-refractivity contribution in [1.29, 1.82) is 0 Å². The molecule has 3 aromatic rings. The van der Waals surface area contributed by atoms with Crippen LogP contribution in [0, 0.1) is 0 Å². The van der Waals surface area contributed by atoms with E-state index in [1.165, 1.54) is 7.11 Å².